The standard InChI is InChI=1S/C17H13ClN4O4S/c18-17-20-12(7-14(22-17)26-5-3-10-4-6-27-9-10)15(23)21-13-2-1-11(8-19-13)16(24)25/h1-2,4,6-9H,3,5H2,(H,24,25)(H,19,21,23). The van der Waals surface area contributed by atoms with Gasteiger partial charge in [-0.05, 0) is 46.1 Å². The van der Waals surface area contributed by atoms with Gasteiger partial charge in [-0.15, -0.1) is 0 Å². The molecule has 0 aliphatic carbocycles. The number of thiophene rings is 1. The lowest BCUT2D eigenvalue weighted by Gasteiger charge is -2.08. The van der Waals surface area contributed by atoms with Gasteiger partial charge in [0.2, 0.25) is 11.2 Å². The first-order chi connectivity index (χ1) is 13.0. The Hall–Kier alpha value is -3.04. The maximum absolute atomic E-state index is 12.3. The van der Waals surface area contributed by atoms with Crippen molar-refractivity contribution in [3.63, 3.8) is 0 Å². The Balaban J connectivity index is 1.65. The van der Waals surface area contributed by atoms with Gasteiger partial charge in [-0.2, -0.15) is 16.3 Å². The first kappa shape index (κ1) is 18.7. The fourth-order valence-electron chi connectivity index (χ4n) is 2.07. The van der Waals surface area contributed by atoms with Gasteiger partial charge in [0, 0.05) is 18.7 Å². The highest BCUT2D eigenvalue weighted by atomic mass is 35.5. The molecule has 0 aromatic carbocycles. The molecule has 3 aromatic heterocycles. The molecule has 1 amide bonds. The Labute approximate surface area is 162 Å². The molecule has 3 rings (SSSR count). The van der Waals surface area contributed by atoms with Crippen molar-refractivity contribution in [2.75, 3.05) is 11.9 Å². The van der Waals surface area contributed by atoms with Crippen LogP contribution in [0.15, 0.2) is 41.2 Å². The van der Waals surface area contributed by atoms with E-state index < -0.39 is 11.9 Å². The van der Waals surface area contributed by atoms with Crippen LogP contribution in [0, 0.1) is 0 Å². The smallest absolute Gasteiger partial charge is 0.337 e. The number of nitrogens with zero attached hydrogens (tertiary/aromatic N) is 3. The SMILES string of the molecule is O=C(O)c1ccc(NC(=O)c2cc(OCCc3ccsc3)nc(Cl)n2)nc1. The van der Waals surface area contributed by atoms with E-state index in [1.807, 2.05) is 16.8 Å². The number of anilines is 1. The maximum Gasteiger partial charge on any atom is 0.337 e. The predicted octanol–water partition coefficient (Wildman–Crippen LogP) is 3.16. The van der Waals surface area contributed by atoms with Crippen LogP contribution in [-0.4, -0.2) is 38.5 Å². The number of aromatic nitrogens is 3. The summed E-state index contributed by atoms with van der Waals surface area (Å²) in [5, 5.41) is 15.3. The summed E-state index contributed by atoms with van der Waals surface area (Å²) in [6, 6.07) is 6.09. The summed E-state index contributed by atoms with van der Waals surface area (Å²) < 4.78 is 5.55. The van der Waals surface area contributed by atoms with E-state index in [0.717, 1.165) is 11.8 Å². The summed E-state index contributed by atoms with van der Waals surface area (Å²) in [5.41, 5.74) is 1.16. The van der Waals surface area contributed by atoms with Crippen molar-refractivity contribution >= 4 is 40.6 Å². The van der Waals surface area contributed by atoms with Crippen LogP contribution in [0.25, 0.3) is 0 Å². The number of amides is 1. The number of carboxylic acids is 1. The third-order valence-electron chi connectivity index (χ3n) is 3.38. The topological polar surface area (TPSA) is 114 Å². The van der Waals surface area contributed by atoms with Crippen molar-refractivity contribution in [2.45, 2.75) is 6.42 Å². The van der Waals surface area contributed by atoms with E-state index >= 15 is 0 Å². The first-order valence-corrected chi connectivity index (χ1v) is 9.02. The monoisotopic (exact) mass is 404 g/mol. The van der Waals surface area contributed by atoms with Gasteiger partial charge in [-0.25, -0.2) is 14.8 Å². The minimum atomic E-state index is -1.10. The van der Waals surface area contributed by atoms with Crippen LogP contribution < -0.4 is 10.1 Å². The fraction of sp³-hybridized carbons (Fsp3) is 0.118. The normalized spacial score (nSPS) is 10.4. The summed E-state index contributed by atoms with van der Waals surface area (Å²) in [6.07, 6.45) is 1.84. The third-order valence-corrected chi connectivity index (χ3v) is 4.28. The second-order valence-electron chi connectivity index (χ2n) is 5.28. The van der Waals surface area contributed by atoms with E-state index in [1.165, 1.54) is 18.2 Å². The summed E-state index contributed by atoms with van der Waals surface area (Å²) in [6.45, 7) is 0.378. The highest BCUT2D eigenvalue weighted by molar-refractivity contribution is 7.07. The molecular formula is C17H13ClN4O4S. The van der Waals surface area contributed by atoms with Crippen LogP contribution in [0.3, 0.4) is 0 Å². The number of carboxylic acid groups (broad SMARTS) is 1. The molecule has 27 heavy (non-hydrogen) atoms. The lowest BCUT2D eigenvalue weighted by Crippen LogP contribution is -2.16. The van der Waals surface area contributed by atoms with Gasteiger partial charge in [-0.3, -0.25) is 4.79 Å². The molecule has 3 heterocycles. The fourth-order valence-corrected chi connectivity index (χ4v) is 2.95. The summed E-state index contributed by atoms with van der Waals surface area (Å²) >= 11 is 7.47. The first-order valence-electron chi connectivity index (χ1n) is 7.70. The molecule has 138 valence electrons. The number of rotatable bonds is 7. The summed E-state index contributed by atoms with van der Waals surface area (Å²) in [7, 11) is 0. The number of carbonyl (C=O) groups excluding carboxylic acids is 1. The molecule has 0 saturated heterocycles. The minimum absolute atomic E-state index is 0.00430. The van der Waals surface area contributed by atoms with Gasteiger partial charge < -0.3 is 15.2 Å². The van der Waals surface area contributed by atoms with Gasteiger partial charge in [-0.1, -0.05) is 0 Å². The lowest BCUT2D eigenvalue weighted by molar-refractivity contribution is 0.0696. The number of hydrogen-bond donors (Lipinski definition) is 2. The van der Waals surface area contributed by atoms with E-state index in [4.69, 9.17) is 21.4 Å². The van der Waals surface area contributed by atoms with Crippen molar-refractivity contribution in [1.29, 1.82) is 0 Å². The number of halogens is 1. The molecule has 0 aliphatic heterocycles. The second-order valence-corrected chi connectivity index (χ2v) is 6.40. The molecule has 2 N–H and O–H groups in total. The average Bonchev–Trinajstić information content (AvgIpc) is 3.15. The molecule has 3 aromatic rings. The molecule has 0 radical (unpaired) electrons. The van der Waals surface area contributed by atoms with Crippen molar-refractivity contribution in [1.82, 2.24) is 15.0 Å². The van der Waals surface area contributed by atoms with Crippen LogP contribution in [-0.2, 0) is 6.42 Å². The van der Waals surface area contributed by atoms with Gasteiger partial charge in [0.25, 0.3) is 5.91 Å². The van der Waals surface area contributed by atoms with E-state index in [1.54, 1.807) is 11.3 Å². The lowest BCUT2D eigenvalue weighted by atomic mass is 10.2. The predicted molar refractivity (Wildman–Crippen MR) is 99.7 cm³/mol. The Morgan fingerprint density at radius 1 is 1.26 bits per heavy atom. The van der Waals surface area contributed by atoms with Crippen LogP contribution in [0.2, 0.25) is 5.28 Å². The van der Waals surface area contributed by atoms with Crippen molar-refractivity contribution < 1.29 is 19.4 Å². The quantitative estimate of drug-likeness (QED) is 0.581. The highest BCUT2D eigenvalue weighted by Crippen LogP contribution is 2.15. The molecular weight excluding hydrogens is 392 g/mol. The Morgan fingerprint density at radius 3 is 2.78 bits per heavy atom. The molecule has 0 unspecified atom stereocenters. The number of hydrogen-bond acceptors (Lipinski definition) is 7. The van der Waals surface area contributed by atoms with Crippen molar-refractivity contribution in [3.8, 4) is 5.88 Å². The summed E-state index contributed by atoms with van der Waals surface area (Å²) in [4.78, 5) is 34.8. The molecule has 0 bridgehead atoms. The highest BCUT2D eigenvalue weighted by Gasteiger charge is 2.13. The Kier molecular flexibility index (Phi) is 5.94. The van der Waals surface area contributed by atoms with Gasteiger partial charge >= 0.3 is 5.97 Å². The molecule has 0 spiro atoms. The van der Waals surface area contributed by atoms with Gasteiger partial charge in [0.05, 0.1) is 12.2 Å². The third kappa shape index (κ3) is 5.22. The molecule has 8 nitrogen and oxygen atoms in total. The second kappa shape index (κ2) is 8.56. The van der Waals surface area contributed by atoms with E-state index in [-0.39, 0.29) is 28.2 Å². The number of aromatic carboxylic acids is 1. The largest absolute Gasteiger partial charge is 0.478 e. The average molecular weight is 405 g/mol. The van der Waals surface area contributed by atoms with Crippen LogP contribution in [0.4, 0.5) is 5.82 Å². The molecule has 10 heteroatoms. The van der Waals surface area contributed by atoms with Crippen LogP contribution >= 0.6 is 22.9 Å². The van der Waals surface area contributed by atoms with Crippen molar-refractivity contribution in [2.24, 2.45) is 0 Å². The Bertz CT molecular complexity index is 948. The zero-order chi connectivity index (χ0) is 19.2. The van der Waals surface area contributed by atoms with Crippen molar-refractivity contribution in [3.05, 3.63) is 63.3 Å². The van der Waals surface area contributed by atoms with Crippen LogP contribution in [0.1, 0.15) is 26.4 Å². The molecule has 0 atom stereocenters. The minimum Gasteiger partial charge on any atom is -0.478 e. The zero-order valence-electron chi connectivity index (χ0n) is 13.8. The van der Waals surface area contributed by atoms with Crippen LogP contribution in [0.5, 0.6) is 5.88 Å². The van der Waals surface area contributed by atoms with Gasteiger partial charge in [0.15, 0.2) is 0 Å². The maximum atomic E-state index is 12.3. The van der Waals surface area contributed by atoms with E-state index in [2.05, 4.69) is 20.3 Å². The Morgan fingerprint density at radius 2 is 2.11 bits per heavy atom. The van der Waals surface area contributed by atoms with Gasteiger partial charge in [0.1, 0.15) is 11.5 Å². The zero-order valence-corrected chi connectivity index (χ0v) is 15.3. The van der Waals surface area contributed by atoms with E-state index in [0.29, 0.717) is 13.0 Å². The molecule has 0 saturated carbocycles. The molecule has 0 aliphatic rings. The van der Waals surface area contributed by atoms with E-state index in [9.17, 15) is 9.59 Å². The molecule has 0 fully saturated rings. The number of ether oxygens (including phenoxy) is 1. The number of carbonyl (C=O) groups is 2. The summed E-state index contributed by atoms with van der Waals surface area (Å²) in [5.74, 6) is -1.31. The number of pyridine rings is 1. The number of nitrogens with one attached hydrogen (secondary N) is 1.